The minimum atomic E-state index is -3.77. The second-order valence-corrected chi connectivity index (χ2v) is 16.0. The molecule has 1 aromatic heterocycles. The summed E-state index contributed by atoms with van der Waals surface area (Å²) in [6, 6.07) is 12.6. The van der Waals surface area contributed by atoms with E-state index in [4.69, 9.17) is 21.1 Å². The lowest BCUT2D eigenvalue weighted by atomic mass is 10.2. The Balaban J connectivity index is 1.83. The van der Waals surface area contributed by atoms with Gasteiger partial charge in [-0.1, -0.05) is 31.2 Å². The number of sulfonamides is 1. The summed E-state index contributed by atoms with van der Waals surface area (Å²) < 4.78 is 41.2. The first kappa shape index (κ1) is 22.7. The second kappa shape index (κ2) is 9.01. The fourth-order valence-electron chi connectivity index (χ4n) is 2.96. The average molecular weight is 467 g/mol. The maximum atomic E-state index is 12.8. The van der Waals surface area contributed by atoms with Gasteiger partial charge in [-0.2, -0.15) is 0 Å². The number of hydrogen-bond acceptors (Lipinski definition) is 4. The molecule has 1 N–H and O–H groups in total. The first-order chi connectivity index (χ1) is 14.1. The van der Waals surface area contributed by atoms with Crippen molar-refractivity contribution in [3.63, 3.8) is 0 Å². The highest BCUT2D eigenvalue weighted by Gasteiger charge is 2.18. The monoisotopic (exact) mass is 466 g/mol. The van der Waals surface area contributed by atoms with Crippen LogP contribution in [0.4, 0.5) is 5.69 Å². The Morgan fingerprint density at radius 1 is 1.10 bits per heavy atom. The van der Waals surface area contributed by atoms with Crippen LogP contribution in [-0.2, 0) is 21.5 Å². The predicted octanol–water partition coefficient (Wildman–Crippen LogP) is 5.42. The van der Waals surface area contributed by atoms with Gasteiger partial charge < -0.3 is 14.0 Å². The van der Waals surface area contributed by atoms with Crippen LogP contribution in [0.3, 0.4) is 0 Å². The van der Waals surface area contributed by atoms with Gasteiger partial charge in [-0.15, -0.1) is 0 Å². The smallest absolute Gasteiger partial charge is 0.261 e. The van der Waals surface area contributed by atoms with Crippen LogP contribution >= 0.6 is 11.6 Å². The molecular weight excluding hydrogens is 440 g/mol. The van der Waals surface area contributed by atoms with Gasteiger partial charge in [-0.25, -0.2) is 8.42 Å². The van der Waals surface area contributed by atoms with E-state index in [1.54, 1.807) is 18.2 Å². The first-order valence-corrected chi connectivity index (χ1v) is 15.2. The van der Waals surface area contributed by atoms with Crippen molar-refractivity contribution < 1.29 is 17.9 Å². The number of methoxy groups -OCH3 is 1. The summed E-state index contributed by atoms with van der Waals surface area (Å²) >= 11 is 6.29. The molecule has 0 saturated heterocycles. The van der Waals surface area contributed by atoms with Gasteiger partial charge in [0.05, 0.1) is 23.2 Å². The van der Waals surface area contributed by atoms with Crippen LogP contribution in [0.15, 0.2) is 53.6 Å². The van der Waals surface area contributed by atoms with E-state index in [-0.39, 0.29) is 4.90 Å². The highest BCUT2D eigenvalue weighted by molar-refractivity contribution is 7.92. The SMILES string of the molecule is COc1ccc(S(=O)(=O)Nc2cc(Cl)cc3c2ccn3COCC[Si](C)(C)C)cc1. The predicted molar refractivity (Wildman–Crippen MR) is 125 cm³/mol. The van der Waals surface area contributed by atoms with Crippen LogP contribution in [0.2, 0.25) is 30.7 Å². The molecule has 1 heterocycles. The standard InChI is InChI=1S/C21H27ClN2O4SSi/c1-27-17-5-7-18(8-6-17)29(25,26)23-20-13-16(22)14-21-19(20)9-10-24(21)15-28-11-12-30(2,3)4/h5-10,13-14,23H,11-12,15H2,1-4H3. The van der Waals surface area contributed by atoms with E-state index in [1.807, 2.05) is 22.9 Å². The molecule has 0 aliphatic carbocycles. The van der Waals surface area contributed by atoms with Gasteiger partial charge >= 0.3 is 0 Å². The molecule has 0 fully saturated rings. The molecule has 6 nitrogen and oxygen atoms in total. The molecule has 0 saturated carbocycles. The van der Waals surface area contributed by atoms with Gasteiger partial charge in [-0.3, -0.25) is 4.72 Å². The summed E-state index contributed by atoms with van der Waals surface area (Å²) in [4.78, 5) is 0.144. The molecule has 0 spiro atoms. The number of benzene rings is 2. The number of ether oxygens (including phenoxy) is 2. The van der Waals surface area contributed by atoms with Crippen molar-refractivity contribution in [2.45, 2.75) is 37.3 Å². The number of anilines is 1. The van der Waals surface area contributed by atoms with Crippen LogP contribution < -0.4 is 9.46 Å². The Labute approximate surface area is 183 Å². The number of rotatable bonds is 9. The highest BCUT2D eigenvalue weighted by Crippen LogP contribution is 2.31. The molecular formula is C21H27ClN2O4SSi. The van der Waals surface area contributed by atoms with E-state index >= 15 is 0 Å². The van der Waals surface area contributed by atoms with Crippen LogP contribution in [-0.4, -0.2) is 34.8 Å². The second-order valence-electron chi connectivity index (χ2n) is 8.30. The zero-order valence-electron chi connectivity index (χ0n) is 17.6. The van der Waals surface area contributed by atoms with Gasteiger partial charge in [0.1, 0.15) is 12.5 Å². The topological polar surface area (TPSA) is 69.6 Å². The lowest BCUT2D eigenvalue weighted by molar-refractivity contribution is 0.0902. The fourth-order valence-corrected chi connectivity index (χ4v) is 5.00. The molecule has 0 radical (unpaired) electrons. The van der Waals surface area contributed by atoms with Crippen molar-refractivity contribution in [1.29, 1.82) is 0 Å². The van der Waals surface area contributed by atoms with Gasteiger partial charge in [-0.05, 0) is 48.5 Å². The lowest BCUT2D eigenvalue weighted by Crippen LogP contribution is -2.21. The summed E-state index contributed by atoms with van der Waals surface area (Å²) in [7, 11) is -3.40. The van der Waals surface area contributed by atoms with Crippen molar-refractivity contribution in [2.75, 3.05) is 18.4 Å². The van der Waals surface area contributed by atoms with Crippen LogP contribution in [0.1, 0.15) is 0 Å². The molecule has 2 aromatic carbocycles. The number of nitrogens with zero attached hydrogens (tertiary/aromatic N) is 1. The van der Waals surface area contributed by atoms with Crippen LogP contribution in [0.25, 0.3) is 10.9 Å². The summed E-state index contributed by atoms with van der Waals surface area (Å²) in [6.07, 6.45) is 1.88. The summed E-state index contributed by atoms with van der Waals surface area (Å²) in [6.45, 7) is 8.01. The molecule has 30 heavy (non-hydrogen) atoms. The molecule has 3 rings (SSSR count). The van der Waals surface area contributed by atoms with Gasteiger partial charge in [0, 0.05) is 31.3 Å². The van der Waals surface area contributed by atoms with E-state index in [0.29, 0.717) is 29.8 Å². The van der Waals surface area contributed by atoms with Crippen molar-refractivity contribution in [2.24, 2.45) is 0 Å². The largest absolute Gasteiger partial charge is 0.497 e. The summed E-state index contributed by atoms with van der Waals surface area (Å²) in [5.41, 5.74) is 1.23. The Hall–Kier alpha value is -2.00. The van der Waals surface area contributed by atoms with E-state index < -0.39 is 18.1 Å². The zero-order chi connectivity index (χ0) is 21.9. The summed E-state index contributed by atoms with van der Waals surface area (Å²) in [5.74, 6) is 0.588. The molecule has 0 aliphatic rings. The number of aromatic nitrogens is 1. The van der Waals surface area contributed by atoms with Crippen molar-refractivity contribution in [3.05, 3.63) is 53.7 Å². The maximum Gasteiger partial charge on any atom is 0.261 e. The molecule has 9 heteroatoms. The Morgan fingerprint density at radius 2 is 1.80 bits per heavy atom. The first-order valence-electron chi connectivity index (χ1n) is 9.62. The van der Waals surface area contributed by atoms with E-state index in [9.17, 15) is 8.42 Å². The minimum absolute atomic E-state index is 0.144. The Morgan fingerprint density at radius 3 is 2.43 bits per heavy atom. The van der Waals surface area contributed by atoms with Crippen LogP contribution in [0.5, 0.6) is 5.75 Å². The maximum absolute atomic E-state index is 12.8. The highest BCUT2D eigenvalue weighted by atomic mass is 35.5. The van der Waals surface area contributed by atoms with Crippen molar-refractivity contribution in [3.8, 4) is 5.75 Å². The van der Waals surface area contributed by atoms with Crippen molar-refractivity contribution >= 4 is 46.3 Å². The van der Waals surface area contributed by atoms with Crippen molar-refractivity contribution in [1.82, 2.24) is 4.57 Å². The molecule has 0 bridgehead atoms. The number of halogens is 1. The number of nitrogens with one attached hydrogen (secondary N) is 1. The molecule has 0 amide bonds. The molecule has 162 valence electrons. The van der Waals surface area contributed by atoms with Gasteiger partial charge in [0.25, 0.3) is 10.0 Å². The molecule has 0 atom stereocenters. The summed E-state index contributed by atoms with van der Waals surface area (Å²) in [5, 5.41) is 1.20. The fraction of sp³-hybridized carbons (Fsp3) is 0.333. The van der Waals surface area contributed by atoms with Gasteiger partial charge in [0.2, 0.25) is 0 Å². The molecule has 3 aromatic rings. The third kappa shape index (κ3) is 5.57. The Bertz CT molecular complexity index is 1120. The van der Waals surface area contributed by atoms with E-state index in [2.05, 4.69) is 24.4 Å². The lowest BCUT2D eigenvalue weighted by Gasteiger charge is -2.16. The minimum Gasteiger partial charge on any atom is -0.497 e. The normalized spacial score (nSPS) is 12.3. The zero-order valence-corrected chi connectivity index (χ0v) is 20.2. The number of fused-ring (bicyclic) bond motifs is 1. The van der Waals surface area contributed by atoms with E-state index in [0.717, 1.165) is 16.9 Å². The quantitative estimate of drug-likeness (QED) is 0.338. The molecule has 0 unspecified atom stereocenters. The van der Waals surface area contributed by atoms with Gasteiger partial charge in [0.15, 0.2) is 0 Å². The van der Waals surface area contributed by atoms with Crippen LogP contribution in [0, 0.1) is 0 Å². The third-order valence-electron chi connectivity index (χ3n) is 4.69. The average Bonchev–Trinajstić information content (AvgIpc) is 3.07. The third-order valence-corrected chi connectivity index (χ3v) is 8.00. The van der Waals surface area contributed by atoms with E-state index in [1.165, 1.54) is 19.2 Å². The Kier molecular flexibility index (Phi) is 6.81. The number of hydrogen-bond donors (Lipinski definition) is 1. The molecule has 0 aliphatic heterocycles.